The largest absolute Gasteiger partial charge is 0.274 e. The van der Waals surface area contributed by atoms with E-state index in [1.807, 2.05) is 0 Å². The molecule has 0 N–H and O–H groups in total. The number of imidazole rings is 1. The number of pyridine rings is 1. The molecule has 0 saturated heterocycles. The van der Waals surface area contributed by atoms with Crippen LogP contribution in [-0.4, -0.2) is 9.55 Å². The molecule has 4 rings (SSSR count). The summed E-state index contributed by atoms with van der Waals surface area (Å²) in [5.41, 5.74) is 9.74. The maximum Gasteiger partial charge on any atom is 0.274 e. The first-order valence-electron chi connectivity index (χ1n) is 11.4. The SMILES string of the molecule is Cc1cc(C(C)C)c(-c2ccc3c(n2)n(-c2ccccc2)c[n+]3C(C)C)c(C(C)C)c1. The molecule has 3 heteroatoms. The zero-order chi connectivity index (χ0) is 22.3. The van der Waals surface area contributed by atoms with Crippen LogP contribution in [-0.2, 0) is 0 Å². The molecule has 0 aliphatic heterocycles. The fraction of sp³-hybridized carbons (Fsp3) is 0.357. The van der Waals surface area contributed by atoms with Gasteiger partial charge in [0.1, 0.15) is 5.69 Å². The summed E-state index contributed by atoms with van der Waals surface area (Å²) in [5.74, 6) is 0.873. The monoisotopic (exact) mass is 412 g/mol. The van der Waals surface area contributed by atoms with E-state index in [0.717, 1.165) is 22.5 Å². The Labute approximate surface area is 186 Å². The van der Waals surface area contributed by atoms with Crippen LogP contribution < -0.4 is 4.57 Å². The number of hydrogen-bond acceptors (Lipinski definition) is 1. The Bertz CT molecular complexity index is 1180. The standard InChI is InChI=1S/C28H34N3/c1-18(2)23-15-21(7)16-24(19(3)4)27(23)25-13-14-26-28(29-25)31(17-30(26)20(5)6)22-11-9-8-10-12-22/h8-20H,1-7H3/q+1. The number of hydrogen-bond donors (Lipinski definition) is 0. The second-order valence-corrected chi connectivity index (χ2v) is 9.49. The zero-order valence-corrected chi connectivity index (χ0v) is 19.8. The van der Waals surface area contributed by atoms with Crippen LogP contribution in [0.3, 0.4) is 0 Å². The van der Waals surface area contributed by atoms with Crippen molar-refractivity contribution in [2.24, 2.45) is 0 Å². The third-order valence-corrected chi connectivity index (χ3v) is 6.04. The van der Waals surface area contributed by atoms with E-state index >= 15 is 0 Å². The molecule has 4 aromatic rings. The third-order valence-electron chi connectivity index (χ3n) is 6.04. The molecule has 0 saturated carbocycles. The number of nitrogens with zero attached hydrogens (tertiary/aromatic N) is 3. The van der Waals surface area contributed by atoms with Gasteiger partial charge in [0, 0.05) is 5.56 Å². The molecule has 0 spiro atoms. The molecule has 31 heavy (non-hydrogen) atoms. The first-order valence-corrected chi connectivity index (χ1v) is 11.4. The molecule has 0 atom stereocenters. The lowest BCUT2D eigenvalue weighted by Crippen LogP contribution is -2.34. The zero-order valence-electron chi connectivity index (χ0n) is 19.8. The van der Waals surface area contributed by atoms with Crippen molar-refractivity contribution in [3.8, 4) is 16.9 Å². The van der Waals surface area contributed by atoms with Gasteiger partial charge in [-0.25, -0.2) is 9.55 Å². The van der Waals surface area contributed by atoms with Gasteiger partial charge in [0.05, 0.1) is 11.7 Å². The fourth-order valence-corrected chi connectivity index (χ4v) is 4.44. The summed E-state index contributed by atoms with van der Waals surface area (Å²) in [6.07, 6.45) is 2.18. The average Bonchev–Trinajstić information content (AvgIpc) is 3.12. The Morgan fingerprint density at radius 1 is 0.806 bits per heavy atom. The smallest absolute Gasteiger partial charge is 0.226 e. The molecule has 0 amide bonds. The highest BCUT2D eigenvalue weighted by Crippen LogP contribution is 2.37. The van der Waals surface area contributed by atoms with E-state index < -0.39 is 0 Å². The van der Waals surface area contributed by atoms with Gasteiger partial charge in [0.2, 0.25) is 0 Å². The van der Waals surface area contributed by atoms with E-state index in [2.05, 4.69) is 119 Å². The van der Waals surface area contributed by atoms with Gasteiger partial charge in [-0.2, -0.15) is 4.57 Å². The number of aryl methyl sites for hydroxylation is 1. The van der Waals surface area contributed by atoms with E-state index in [9.17, 15) is 0 Å². The molecule has 0 unspecified atom stereocenters. The molecular formula is C28H34N3+. The molecule has 2 aromatic carbocycles. The van der Waals surface area contributed by atoms with Crippen molar-refractivity contribution < 1.29 is 4.57 Å². The summed E-state index contributed by atoms with van der Waals surface area (Å²) in [7, 11) is 0. The van der Waals surface area contributed by atoms with E-state index in [0.29, 0.717) is 17.9 Å². The number of rotatable bonds is 5. The Balaban J connectivity index is 2.04. The minimum absolute atomic E-state index is 0.358. The summed E-state index contributed by atoms with van der Waals surface area (Å²) in [6.45, 7) is 15.7. The Morgan fingerprint density at radius 3 is 1.97 bits per heavy atom. The number of para-hydroxylation sites is 1. The molecule has 0 radical (unpaired) electrons. The van der Waals surface area contributed by atoms with Gasteiger partial charge < -0.3 is 0 Å². The van der Waals surface area contributed by atoms with Crippen LogP contribution in [0.2, 0.25) is 0 Å². The van der Waals surface area contributed by atoms with Gasteiger partial charge in [0.15, 0.2) is 5.52 Å². The third kappa shape index (κ3) is 3.89. The first kappa shape index (κ1) is 21.3. The number of aromatic nitrogens is 3. The van der Waals surface area contributed by atoms with Gasteiger partial charge in [-0.3, -0.25) is 0 Å². The number of benzene rings is 2. The van der Waals surface area contributed by atoms with Crippen LogP contribution in [0.4, 0.5) is 0 Å². The lowest BCUT2D eigenvalue weighted by molar-refractivity contribution is -0.691. The fourth-order valence-electron chi connectivity index (χ4n) is 4.44. The lowest BCUT2D eigenvalue weighted by atomic mass is 9.85. The molecule has 160 valence electrons. The van der Waals surface area contributed by atoms with Gasteiger partial charge in [-0.1, -0.05) is 63.6 Å². The molecule has 0 bridgehead atoms. The van der Waals surface area contributed by atoms with Crippen LogP contribution in [0.15, 0.2) is 60.9 Å². The summed E-state index contributed by atoms with van der Waals surface area (Å²) in [6, 6.07) is 20.0. The molecule has 0 fully saturated rings. The highest BCUT2D eigenvalue weighted by Gasteiger charge is 2.24. The second kappa shape index (κ2) is 8.30. The van der Waals surface area contributed by atoms with Crippen molar-refractivity contribution in [3.05, 3.63) is 77.6 Å². The van der Waals surface area contributed by atoms with E-state index in [1.165, 1.54) is 22.3 Å². The highest BCUT2D eigenvalue weighted by atomic mass is 15.2. The molecule has 0 aliphatic rings. The second-order valence-electron chi connectivity index (χ2n) is 9.49. The van der Waals surface area contributed by atoms with Crippen LogP contribution in [0.1, 0.15) is 76.1 Å². The maximum absolute atomic E-state index is 5.28. The van der Waals surface area contributed by atoms with Gasteiger partial charge in [0.25, 0.3) is 12.0 Å². The molecule has 0 aliphatic carbocycles. The van der Waals surface area contributed by atoms with Gasteiger partial charge in [-0.15, -0.1) is 0 Å². The first-order chi connectivity index (χ1) is 14.8. The molecule has 2 heterocycles. The maximum atomic E-state index is 5.28. The quantitative estimate of drug-likeness (QED) is 0.320. The van der Waals surface area contributed by atoms with Gasteiger partial charge >= 0.3 is 0 Å². The number of fused-ring (bicyclic) bond motifs is 1. The lowest BCUT2D eigenvalue weighted by Gasteiger charge is -2.20. The minimum Gasteiger partial charge on any atom is -0.226 e. The van der Waals surface area contributed by atoms with E-state index in [4.69, 9.17) is 4.98 Å². The van der Waals surface area contributed by atoms with Crippen molar-refractivity contribution in [1.29, 1.82) is 0 Å². The van der Waals surface area contributed by atoms with Crippen molar-refractivity contribution in [3.63, 3.8) is 0 Å². The minimum atomic E-state index is 0.358. The Kier molecular flexibility index (Phi) is 5.70. The Morgan fingerprint density at radius 2 is 1.42 bits per heavy atom. The topological polar surface area (TPSA) is 21.7 Å². The van der Waals surface area contributed by atoms with Crippen LogP contribution in [0.25, 0.3) is 28.1 Å². The Hall–Kier alpha value is -2.94. The van der Waals surface area contributed by atoms with Crippen LogP contribution in [0.5, 0.6) is 0 Å². The van der Waals surface area contributed by atoms with Crippen LogP contribution in [0, 0.1) is 6.92 Å². The normalized spacial score (nSPS) is 11.9. The van der Waals surface area contributed by atoms with Crippen LogP contribution >= 0.6 is 0 Å². The van der Waals surface area contributed by atoms with Gasteiger partial charge in [-0.05, 0) is 68.0 Å². The molecule has 2 aromatic heterocycles. The van der Waals surface area contributed by atoms with Crippen molar-refractivity contribution in [1.82, 2.24) is 9.55 Å². The van der Waals surface area contributed by atoms with Crippen molar-refractivity contribution in [2.45, 2.75) is 66.3 Å². The predicted molar refractivity (Wildman–Crippen MR) is 130 cm³/mol. The van der Waals surface area contributed by atoms with Crippen molar-refractivity contribution >= 4 is 11.2 Å². The summed E-state index contributed by atoms with van der Waals surface area (Å²) in [4.78, 5) is 5.28. The van der Waals surface area contributed by atoms with Crippen molar-refractivity contribution in [2.75, 3.05) is 0 Å². The summed E-state index contributed by atoms with van der Waals surface area (Å²) in [5, 5.41) is 0. The predicted octanol–water partition coefficient (Wildman–Crippen LogP) is 7.12. The van der Waals surface area contributed by atoms with E-state index in [-0.39, 0.29) is 0 Å². The van der Waals surface area contributed by atoms with E-state index in [1.54, 1.807) is 0 Å². The molecular weight excluding hydrogens is 378 g/mol. The summed E-state index contributed by atoms with van der Waals surface area (Å²) >= 11 is 0. The molecule has 3 nitrogen and oxygen atoms in total. The highest BCUT2D eigenvalue weighted by molar-refractivity contribution is 5.78. The average molecular weight is 413 g/mol. The summed E-state index contributed by atoms with van der Waals surface area (Å²) < 4.78 is 4.53.